The minimum absolute atomic E-state index is 0.272. The Bertz CT molecular complexity index is 974. The van der Waals surface area contributed by atoms with E-state index in [0.29, 0.717) is 0 Å². The fourth-order valence-corrected chi connectivity index (χ4v) is 4.30. The molecule has 0 heterocycles. The van der Waals surface area contributed by atoms with Gasteiger partial charge < -0.3 is 0 Å². The van der Waals surface area contributed by atoms with E-state index in [4.69, 9.17) is 0 Å². The van der Waals surface area contributed by atoms with Crippen molar-refractivity contribution in [1.82, 2.24) is 4.72 Å². The van der Waals surface area contributed by atoms with Gasteiger partial charge in [-0.25, -0.2) is 8.42 Å². The van der Waals surface area contributed by atoms with Crippen molar-refractivity contribution >= 4 is 10.0 Å². The summed E-state index contributed by atoms with van der Waals surface area (Å²) in [4.78, 5) is 0.272. The zero-order valence-corrected chi connectivity index (χ0v) is 16.0. The van der Waals surface area contributed by atoms with Gasteiger partial charge in [0.15, 0.2) is 0 Å². The third-order valence-electron chi connectivity index (χ3n) is 4.31. The fourth-order valence-electron chi connectivity index (χ4n) is 3.09. The molecule has 0 aliphatic rings. The smallest absolute Gasteiger partial charge is 0.207 e. The van der Waals surface area contributed by atoms with Crippen molar-refractivity contribution < 1.29 is 8.42 Å². The summed E-state index contributed by atoms with van der Waals surface area (Å²) in [5.74, 6) is 0. The SMILES string of the molecule is Cc1ccc(S(=O)(=O)N[C@@H](c2ccccc2)c2cc(C)cc(C)c2)cc1. The summed E-state index contributed by atoms with van der Waals surface area (Å²) < 4.78 is 28.8. The third-order valence-corrected chi connectivity index (χ3v) is 5.75. The number of hydrogen-bond acceptors (Lipinski definition) is 2. The van der Waals surface area contributed by atoms with Gasteiger partial charge in [0.25, 0.3) is 0 Å². The molecule has 0 saturated carbocycles. The molecule has 3 rings (SSSR count). The molecule has 3 nitrogen and oxygen atoms in total. The van der Waals surface area contributed by atoms with E-state index in [0.717, 1.165) is 27.8 Å². The largest absolute Gasteiger partial charge is 0.241 e. The van der Waals surface area contributed by atoms with E-state index in [1.54, 1.807) is 12.1 Å². The number of nitrogens with one attached hydrogen (secondary N) is 1. The lowest BCUT2D eigenvalue weighted by molar-refractivity contribution is 0.572. The third kappa shape index (κ3) is 4.21. The van der Waals surface area contributed by atoms with Crippen molar-refractivity contribution in [3.05, 3.63) is 101 Å². The molecular weight excluding hydrogens is 342 g/mol. The van der Waals surface area contributed by atoms with E-state index in [1.165, 1.54) is 0 Å². The van der Waals surface area contributed by atoms with Gasteiger partial charge in [-0.1, -0.05) is 77.4 Å². The molecule has 3 aromatic carbocycles. The molecule has 0 saturated heterocycles. The van der Waals surface area contributed by atoms with Crippen LogP contribution in [-0.2, 0) is 10.0 Å². The summed E-state index contributed by atoms with van der Waals surface area (Å²) in [5.41, 5.74) is 5.08. The first-order valence-corrected chi connectivity index (χ1v) is 10.1. The normalized spacial score (nSPS) is 12.7. The molecule has 1 atom stereocenters. The molecule has 0 fully saturated rings. The van der Waals surface area contributed by atoms with Crippen LogP contribution in [0.15, 0.2) is 77.7 Å². The zero-order chi connectivity index (χ0) is 18.7. The van der Waals surface area contributed by atoms with Crippen LogP contribution in [-0.4, -0.2) is 8.42 Å². The second-order valence-corrected chi connectivity index (χ2v) is 8.41. The Morgan fingerprint density at radius 2 is 1.27 bits per heavy atom. The zero-order valence-electron chi connectivity index (χ0n) is 15.2. The summed E-state index contributed by atoms with van der Waals surface area (Å²) in [6.07, 6.45) is 0. The van der Waals surface area contributed by atoms with E-state index < -0.39 is 16.1 Å². The standard InChI is InChI=1S/C22H23NO2S/c1-16-9-11-21(12-10-16)26(24,25)23-22(19-7-5-4-6-8-19)20-14-17(2)13-18(3)15-20/h4-15,22-23H,1-3H3/t22-/m0/s1. The average Bonchev–Trinajstić information content (AvgIpc) is 2.60. The molecule has 26 heavy (non-hydrogen) atoms. The van der Waals surface area contributed by atoms with E-state index in [1.807, 2.05) is 75.4 Å². The second kappa shape index (κ2) is 7.44. The van der Waals surface area contributed by atoms with Gasteiger partial charge in [-0.2, -0.15) is 4.72 Å². The summed E-state index contributed by atoms with van der Waals surface area (Å²) in [6, 6.07) is 22.3. The molecule has 4 heteroatoms. The van der Waals surface area contributed by atoms with Gasteiger partial charge >= 0.3 is 0 Å². The monoisotopic (exact) mass is 365 g/mol. The van der Waals surface area contributed by atoms with Gasteiger partial charge in [0.05, 0.1) is 10.9 Å². The average molecular weight is 365 g/mol. The summed E-state index contributed by atoms with van der Waals surface area (Å²) in [7, 11) is -3.65. The highest BCUT2D eigenvalue weighted by Crippen LogP contribution is 2.26. The number of aryl methyl sites for hydroxylation is 3. The van der Waals surface area contributed by atoms with Crippen molar-refractivity contribution in [3.8, 4) is 0 Å². The molecule has 0 bridgehead atoms. The number of rotatable bonds is 5. The van der Waals surface area contributed by atoms with Gasteiger partial charge in [-0.15, -0.1) is 0 Å². The summed E-state index contributed by atoms with van der Waals surface area (Å²) in [5, 5.41) is 0. The molecule has 134 valence electrons. The van der Waals surface area contributed by atoms with Gasteiger partial charge in [-0.05, 0) is 44.0 Å². The maximum absolute atomic E-state index is 13.0. The minimum atomic E-state index is -3.65. The highest BCUT2D eigenvalue weighted by Gasteiger charge is 2.23. The van der Waals surface area contributed by atoms with Crippen LogP contribution in [0, 0.1) is 20.8 Å². The highest BCUT2D eigenvalue weighted by molar-refractivity contribution is 7.89. The van der Waals surface area contributed by atoms with Crippen molar-refractivity contribution in [2.75, 3.05) is 0 Å². The molecule has 1 N–H and O–H groups in total. The Labute approximate surface area is 155 Å². The second-order valence-electron chi connectivity index (χ2n) is 6.70. The lowest BCUT2D eigenvalue weighted by Crippen LogP contribution is -2.29. The Morgan fingerprint density at radius 1 is 0.692 bits per heavy atom. The van der Waals surface area contributed by atoms with Crippen molar-refractivity contribution in [3.63, 3.8) is 0 Å². The molecule has 0 spiro atoms. The summed E-state index contributed by atoms with van der Waals surface area (Å²) in [6.45, 7) is 5.98. The van der Waals surface area contributed by atoms with E-state index >= 15 is 0 Å². The maximum Gasteiger partial charge on any atom is 0.241 e. The minimum Gasteiger partial charge on any atom is -0.207 e. The molecule has 0 aliphatic carbocycles. The van der Waals surface area contributed by atoms with Gasteiger partial charge in [0.2, 0.25) is 10.0 Å². The van der Waals surface area contributed by atoms with E-state index in [-0.39, 0.29) is 4.90 Å². The summed E-state index contributed by atoms with van der Waals surface area (Å²) >= 11 is 0. The van der Waals surface area contributed by atoms with Crippen molar-refractivity contribution in [2.45, 2.75) is 31.7 Å². The Hall–Kier alpha value is -2.43. The van der Waals surface area contributed by atoms with Crippen molar-refractivity contribution in [1.29, 1.82) is 0 Å². The van der Waals surface area contributed by atoms with Crippen molar-refractivity contribution in [2.24, 2.45) is 0 Å². The Balaban J connectivity index is 2.05. The first kappa shape index (κ1) is 18.4. The van der Waals surface area contributed by atoms with Crippen LogP contribution >= 0.6 is 0 Å². The Morgan fingerprint density at radius 3 is 1.85 bits per heavy atom. The van der Waals surface area contributed by atoms with Gasteiger partial charge in [0, 0.05) is 0 Å². The molecule has 0 radical (unpaired) electrons. The first-order valence-electron chi connectivity index (χ1n) is 8.57. The quantitative estimate of drug-likeness (QED) is 0.713. The van der Waals surface area contributed by atoms with Crippen LogP contribution in [0.25, 0.3) is 0 Å². The molecule has 0 aromatic heterocycles. The van der Waals surface area contributed by atoms with Gasteiger partial charge in [-0.3, -0.25) is 0 Å². The number of sulfonamides is 1. The van der Waals surface area contributed by atoms with E-state index in [2.05, 4.69) is 10.8 Å². The van der Waals surface area contributed by atoms with Crippen LogP contribution in [0.3, 0.4) is 0 Å². The first-order chi connectivity index (χ1) is 12.3. The van der Waals surface area contributed by atoms with Crippen LogP contribution in [0.4, 0.5) is 0 Å². The Kier molecular flexibility index (Phi) is 5.25. The maximum atomic E-state index is 13.0. The molecule has 0 aliphatic heterocycles. The fraction of sp³-hybridized carbons (Fsp3) is 0.182. The molecular formula is C22H23NO2S. The van der Waals surface area contributed by atoms with Crippen LogP contribution in [0.1, 0.15) is 33.9 Å². The highest BCUT2D eigenvalue weighted by atomic mass is 32.2. The predicted octanol–water partition coefficient (Wildman–Crippen LogP) is 4.68. The number of hydrogen-bond donors (Lipinski definition) is 1. The van der Waals surface area contributed by atoms with Crippen LogP contribution < -0.4 is 4.72 Å². The van der Waals surface area contributed by atoms with Crippen LogP contribution in [0.2, 0.25) is 0 Å². The van der Waals surface area contributed by atoms with E-state index in [9.17, 15) is 8.42 Å². The van der Waals surface area contributed by atoms with Crippen LogP contribution in [0.5, 0.6) is 0 Å². The topological polar surface area (TPSA) is 46.2 Å². The van der Waals surface area contributed by atoms with Gasteiger partial charge in [0.1, 0.15) is 0 Å². The molecule has 0 unspecified atom stereocenters. The predicted molar refractivity (Wildman–Crippen MR) is 106 cm³/mol. The molecule has 3 aromatic rings. The number of benzene rings is 3. The lowest BCUT2D eigenvalue weighted by atomic mass is 9.96. The molecule has 0 amide bonds. The lowest BCUT2D eigenvalue weighted by Gasteiger charge is -2.21.